The summed E-state index contributed by atoms with van der Waals surface area (Å²) in [5.74, 6) is -0.525. The van der Waals surface area contributed by atoms with Gasteiger partial charge in [-0.25, -0.2) is 0 Å². The summed E-state index contributed by atoms with van der Waals surface area (Å²) in [5.41, 5.74) is 0. The molecule has 3 atom stereocenters. The minimum absolute atomic E-state index is 0.385. The summed E-state index contributed by atoms with van der Waals surface area (Å²) in [6.45, 7) is 4.10. The zero-order valence-corrected chi connectivity index (χ0v) is 30.9. The van der Waals surface area contributed by atoms with Gasteiger partial charge in [0.05, 0.1) is 18.8 Å². The summed E-state index contributed by atoms with van der Waals surface area (Å²) in [7, 11) is 0. The smallest absolute Gasteiger partial charge is 0.249 e. The highest BCUT2D eigenvalue weighted by molar-refractivity contribution is 5.80. The largest absolute Gasteiger partial charge is 0.394 e. The Kier molecular flexibility index (Phi) is 35.8. The molecule has 0 saturated carbocycles. The predicted octanol–water partition coefficient (Wildman–Crippen LogP) is 11.0. The topological polar surface area (TPSA) is 89.8 Å². The molecule has 47 heavy (non-hydrogen) atoms. The standard InChI is InChI=1S/C42H77NO4/c1-3-5-7-9-11-13-15-17-18-19-20-21-22-23-24-25-27-29-31-33-35-37-41(46)42(47)43-39(38-44)40(45)36-34-32-30-28-26-16-14-12-10-8-6-4-2/h10,12,22-23,26,28,34,36,39-41,44-46H,3-9,11,13-21,24-25,27,29-33,35,37-38H2,1-2H3,(H,43,47)/b12-10+,23-22-,28-26+,36-34+. The molecule has 3 unspecified atom stereocenters. The van der Waals surface area contributed by atoms with Crippen molar-refractivity contribution < 1.29 is 20.1 Å². The van der Waals surface area contributed by atoms with Crippen molar-refractivity contribution in [2.24, 2.45) is 0 Å². The Balaban J connectivity index is 3.74. The molecule has 0 radical (unpaired) electrons. The fourth-order valence-electron chi connectivity index (χ4n) is 5.67. The van der Waals surface area contributed by atoms with E-state index in [9.17, 15) is 20.1 Å². The van der Waals surface area contributed by atoms with Gasteiger partial charge >= 0.3 is 0 Å². The number of rotatable bonds is 35. The second-order valence-electron chi connectivity index (χ2n) is 13.5. The van der Waals surface area contributed by atoms with Crippen molar-refractivity contribution in [1.29, 1.82) is 0 Å². The minimum atomic E-state index is -1.11. The first kappa shape index (κ1) is 45.3. The number of nitrogens with one attached hydrogen (secondary N) is 1. The fraction of sp³-hybridized carbons (Fsp3) is 0.786. The fourth-order valence-corrected chi connectivity index (χ4v) is 5.67. The second kappa shape index (κ2) is 37.1. The van der Waals surface area contributed by atoms with Gasteiger partial charge in [-0.3, -0.25) is 4.79 Å². The molecule has 274 valence electrons. The van der Waals surface area contributed by atoms with Crippen LogP contribution in [0.1, 0.15) is 187 Å². The molecular weight excluding hydrogens is 582 g/mol. The summed E-state index contributed by atoms with van der Waals surface area (Å²) in [4.78, 5) is 12.4. The van der Waals surface area contributed by atoms with E-state index in [2.05, 4.69) is 55.6 Å². The Labute approximate surface area is 291 Å². The van der Waals surface area contributed by atoms with E-state index in [0.717, 1.165) is 44.9 Å². The van der Waals surface area contributed by atoms with E-state index >= 15 is 0 Å². The highest BCUT2D eigenvalue weighted by Crippen LogP contribution is 2.13. The lowest BCUT2D eigenvalue weighted by atomic mass is 10.0. The van der Waals surface area contributed by atoms with Crippen LogP contribution >= 0.6 is 0 Å². The van der Waals surface area contributed by atoms with Crippen molar-refractivity contribution in [3.63, 3.8) is 0 Å². The Hall–Kier alpha value is -1.69. The van der Waals surface area contributed by atoms with Gasteiger partial charge in [0, 0.05) is 0 Å². The molecule has 0 aliphatic carbocycles. The Morgan fingerprint density at radius 2 is 0.894 bits per heavy atom. The van der Waals surface area contributed by atoms with Crippen LogP contribution in [0, 0.1) is 0 Å². The third kappa shape index (κ3) is 32.6. The van der Waals surface area contributed by atoms with Gasteiger partial charge < -0.3 is 20.6 Å². The van der Waals surface area contributed by atoms with Crippen LogP contribution in [-0.4, -0.2) is 46.1 Å². The summed E-state index contributed by atoms with van der Waals surface area (Å²) in [6, 6.07) is -0.822. The van der Waals surface area contributed by atoms with Gasteiger partial charge in [0.25, 0.3) is 0 Å². The lowest BCUT2D eigenvalue weighted by molar-refractivity contribution is -0.131. The first-order valence-corrected chi connectivity index (χ1v) is 20.0. The van der Waals surface area contributed by atoms with Crippen LogP contribution < -0.4 is 5.32 Å². The molecule has 4 N–H and O–H groups in total. The maximum Gasteiger partial charge on any atom is 0.249 e. The molecule has 5 heteroatoms. The van der Waals surface area contributed by atoms with Gasteiger partial charge in [0.2, 0.25) is 5.91 Å². The molecular formula is C42H77NO4. The van der Waals surface area contributed by atoms with Crippen molar-refractivity contribution >= 4 is 5.91 Å². The van der Waals surface area contributed by atoms with Crippen LogP contribution in [0.4, 0.5) is 0 Å². The molecule has 0 aromatic carbocycles. The van der Waals surface area contributed by atoms with Crippen LogP contribution in [0.2, 0.25) is 0 Å². The molecule has 0 heterocycles. The van der Waals surface area contributed by atoms with Crippen molar-refractivity contribution in [2.75, 3.05) is 6.61 Å². The Morgan fingerprint density at radius 1 is 0.511 bits per heavy atom. The summed E-state index contributed by atoms with van der Waals surface area (Å²) in [6.07, 6.45) is 47.1. The molecule has 0 fully saturated rings. The van der Waals surface area contributed by atoms with E-state index in [1.54, 1.807) is 6.08 Å². The summed E-state index contributed by atoms with van der Waals surface area (Å²) >= 11 is 0. The van der Waals surface area contributed by atoms with Crippen LogP contribution in [0.3, 0.4) is 0 Å². The molecule has 0 aromatic heterocycles. The van der Waals surface area contributed by atoms with Gasteiger partial charge in [-0.15, -0.1) is 0 Å². The highest BCUT2D eigenvalue weighted by Gasteiger charge is 2.22. The molecule has 0 aromatic rings. The maximum absolute atomic E-state index is 12.4. The van der Waals surface area contributed by atoms with Gasteiger partial charge in [0.15, 0.2) is 0 Å². The number of unbranched alkanes of at least 4 members (excludes halogenated alkanes) is 21. The van der Waals surface area contributed by atoms with Crippen LogP contribution in [0.5, 0.6) is 0 Å². The van der Waals surface area contributed by atoms with Gasteiger partial charge in [-0.1, -0.05) is 172 Å². The lowest BCUT2D eigenvalue weighted by Crippen LogP contribution is -2.48. The third-order valence-corrected chi connectivity index (χ3v) is 8.87. The molecule has 0 spiro atoms. The van der Waals surface area contributed by atoms with E-state index in [1.165, 1.54) is 122 Å². The first-order chi connectivity index (χ1) is 23.1. The molecule has 0 rings (SSSR count). The third-order valence-electron chi connectivity index (χ3n) is 8.87. The second-order valence-corrected chi connectivity index (χ2v) is 13.5. The number of carbonyl (C=O) groups excluding carboxylic acids is 1. The lowest BCUT2D eigenvalue weighted by Gasteiger charge is -2.21. The van der Waals surface area contributed by atoms with Crippen molar-refractivity contribution in [3.8, 4) is 0 Å². The maximum atomic E-state index is 12.4. The Bertz CT molecular complexity index is 775. The summed E-state index contributed by atoms with van der Waals surface area (Å²) in [5, 5.41) is 32.9. The zero-order valence-electron chi connectivity index (χ0n) is 30.9. The van der Waals surface area contributed by atoms with Crippen molar-refractivity contribution in [1.82, 2.24) is 5.32 Å². The van der Waals surface area contributed by atoms with E-state index in [1.807, 2.05) is 6.08 Å². The molecule has 5 nitrogen and oxygen atoms in total. The van der Waals surface area contributed by atoms with Crippen LogP contribution in [-0.2, 0) is 4.79 Å². The van der Waals surface area contributed by atoms with E-state index in [0.29, 0.717) is 6.42 Å². The van der Waals surface area contributed by atoms with E-state index < -0.39 is 24.2 Å². The number of allylic oxidation sites excluding steroid dienone is 7. The SMILES string of the molecule is CCCC/C=C/CC/C=C/CC/C=C/C(O)C(CO)NC(=O)C(O)CCCCCCCC/C=C\CCCCCCCCCCCCC. The quantitative estimate of drug-likeness (QED) is 0.0402. The van der Waals surface area contributed by atoms with Crippen LogP contribution in [0.15, 0.2) is 48.6 Å². The molecule has 0 saturated heterocycles. The average molecular weight is 660 g/mol. The molecule has 0 bridgehead atoms. The zero-order chi connectivity index (χ0) is 34.5. The first-order valence-electron chi connectivity index (χ1n) is 20.0. The number of hydrogen-bond acceptors (Lipinski definition) is 4. The van der Waals surface area contributed by atoms with Gasteiger partial charge in [0.1, 0.15) is 6.10 Å². The van der Waals surface area contributed by atoms with Crippen molar-refractivity contribution in [2.45, 2.75) is 205 Å². The molecule has 0 aliphatic heterocycles. The van der Waals surface area contributed by atoms with Gasteiger partial charge in [-0.05, 0) is 64.2 Å². The van der Waals surface area contributed by atoms with Crippen molar-refractivity contribution in [3.05, 3.63) is 48.6 Å². The summed E-state index contributed by atoms with van der Waals surface area (Å²) < 4.78 is 0. The monoisotopic (exact) mass is 660 g/mol. The number of hydrogen-bond donors (Lipinski definition) is 4. The Morgan fingerprint density at radius 3 is 1.36 bits per heavy atom. The molecule has 1 amide bonds. The van der Waals surface area contributed by atoms with E-state index in [-0.39, 0.29) is 6.61 Å². The number of aliphatic hydroxyl groups excluding tert-OH is 3. The predicted molar refractivity (Wildman–Crippen MR) is 204 cm³/mol. The number of aliphatic hydroxyl groups is 3. The van der Waals surface area contributed by atoms with E-state index in [4.69, 9.17) is 0 Å². The normalized spacial score (nSPS) is 14.2. The molecule has 0 aliphatic rings. The minimum Gasteiger partial charge on any atom is -0.394 e. The highest BCUT2D eigenvalue weighted by atomic mass is 16.3. The van der Waals surface area contributed by atoms with Gasteiger partial charge in [-0.2, -0.15) is 0 Å². The van der Waals surface area contributed by atoms with Crippen LogP contribution in [0.25, 0.3) is 0 Å². The number of amides is 1. The average Bonchev–Trinajstić information content (AvgIpc) is 3.07. The number of carbonyl (C=O) groups is 1.